The first-order chi connectivity index (χ1) is 8.04. The molecule has 1 aliphatic heterocycles. The van der Waals surface area contributed by atoms with Crippen molar-refractivity contribution in [1.82, 2.24) is 4.90 Å². The lowest BCUT2D eigenvalue weighted by atomic mass is 9.96. The predicted molar refractivity (Wildman–Crippen MR) is 76.8 cm³/mol. The number of halogens is 1. The molecule has 2 rings (SSSR count). The van der Waals surface area contributed by atoms with Gasteiger partial charge in [-0.1, -0.05) is 22.9 Å². The van der Waals surface area contributed by atoms with Crippen LogP contribution in [0, 0.1) is 0 Å². The second-order valence-electron chi connectivity index (χ2n) is 4.80. The van der Waals surface area contributed by atoms with E-state index < -0.39 is 0 Å². The van der Waals surface area contributed by atoms with Crippen LogP contribution in [0.5, 0.6) is 0 Å². The predicted octanol–water partition coefficient (Wildman–Crippen LogP) is 2.77. The van der Waals surface area contributed by atoms with Gasteiger partial charge in [0.15, 0.2) is 0 Å². The highest BCUT2D eigenvalue weighted by Crippen LogP contribution is 2.35. The third-order valence-electron chi connectivity index (χ3n) is 3.80. The van der Waals surface area contributed by atoms with E-state index in [1.54, 1.807) is 0 Å². The quantitative estimate of drug-likeness (QED) is 0.826. The van der Waals surface area contributed by atoms with Crippen LogP contribution in [0.2, 0.25) is 0 Å². The molecule has 1 aromatic rings. The molecule has 4 heteroatoms. The molecule has 94 valence electrons. The van der Waals surface area contributed by atoms with Crippen molar-refractivity contribution >= 4 is 27.3 Å². The SMILES string of the molecule is CC[C@@H](C)N1CCc2c(Br)cc(N)c(N)c2C1. The van der Waals surface area contributed by atoms with Gasteiger partial charge >= 0.3 is 0 Å². The maximum atomic E-state index is 6.10. The molecule has 1 heterocycles. The number of nitrogens with zero attached hydrogens (tertiary/aromatic N) is 1. The average Bonchev–Trinajstić information content (AvgIpc) is 2.34. The Morgan fingerprint density at radius 3 is 2.76 bits per heavy atom. The molecule has 3 nitrogen and oxygen atoms in total. The van der Waals surface area contributed by atoms with Crippen LogP contribution < -0.4 is 11.5 Å². The second kappa shape index (κ2) is 4.86. The van der Waals surface area contributed by atoms with Gasteiger partial charge in [-0.05, 0) is 37.0 Å². The van der Waals surface area contributed by atoms with Gasteiger partial charge in [-0.3, -0.25) is 4.90 Å². The molecule has 0 aromatic heterocycles. The summed E-state index contributed by atoms with van der Waals surface area (Å²) in [5, 5.41) is 0. The van der Waals surface area contributed by atoms with E-state index in [1.165, 1.54) is 17.5 Å². The van der Waals surface area contributed by atoms with Crippen LogP contribution in [0.25, 0.3) is 0 Å². The Labute approximate surface area is 111 Å². The van der Waals surface area contributed by atoms with Gasteiger partial charge in [0.25, 0.3) is 0 Å². The zero-order valence-corrected chi connectivity index (χ0v) is 12.0. The van der Waals surface area contributed by atoms with Crippen molar-refractivity contribution < 1.29 is 0 Å². The van der Waals surface area contributed by atoms with Crippen molar-refractivity contribution in [2.45, 2.75) is 39.3 Å². The van der Waals surface area contributed by atoms with Crippen molar-refractivity contribution in [3.05, 3.63) is 21.7 Å². The van der Waals surface area contributed by atoms with Crippen molar-refractivity contribution in [2.75, 3.05) is 18.0 Å². The van der Waals surface area contributed by atoms with Crippen molar-refractivity contribution in [1.29, 1.82) is 0 Å². The lowest BCUT2D eigenvalue weighted by Gasteiger charge is -2.34. The fourth-order valence-corrected chi connectivity index (χ4v) is 3.09. The highest BCUT2D eigenvalue weighted by Gasteiger charge is 2.24. The van der Waals surface area contributed by atoms with Crippen LogP contribution in [0.3, 0.4) is 0 Å². The van der Waals surface area contributed by atoms with E-state index in [0.717, 1.165) is 29.7 Å². The number of fused-ring (bicyclic) bond motifs is 1. The van der Waals surface area contributed by atoms with Crippen LogP contribution in [0.4, 0.5) is 11.4 Å². The van der Waals surface area contributed by atoms with Crippen LogP contribution in [-0.2, 0) is 13.0 Å². The van der Waals surface area contributed by atoms with E-state index in [1.807, 2.05) is 6.07 Å². The summed E-state index contributed by atoms with van der Waals surface area (Å²) in [6, 6.07) is 2.52. The molecule has 1 atom stereocenters. The van der Waals surface area contributed by atoms with Crippen LogP contribution in [0.15, 0.2) is 10.5 Å². The number of hydrogen-bond acceptors (Lipinski definition) is 3. The Morgan fingerprint density at radius 2 is 2.12 bits per heavy atom. The van der Waals surface area contributed by atoms with Gasteiger partial charge in [-0.15, -0.1) is 0 Å². The fraction of sp³-hybridized carbons (Fsp3) is 0.538. The molecule has 1 aromatic carbocycles. The van der Waals surface area contributed by atoms with Crippen LogP contribution in [-0.4, -0.2) is 17.5 Å². The van der Waals surface area contributed by atoms with Crippen LogP contribution >= 0.6 is 15.9 Å². The molecule has 0 spiro atoms. The molecule has 0 fully saturated rings. The lowest BCUT2D eigenvalue weighted by Crippen LogP contribution is -2.37. The van der Waals surface area contributed by atoms with Gasteiger partial charge in [0.2, 0.25) is 0 Å². The maximum absolute atomic E-state index is 6.10. The maximum Gasteiger partial charge on any atom is 0.0597 e. The molecule has 4 N–H and O–H groups in total. The third kappa shape index (κ3) is 2.29. The summed E-state index contributed by atoms with van der Waals surface area (Å²) in [5.74, 6) is 0. The van der Waals surface area contributed by atoms with Gasteiger partial charge in [0.05, 0.1) is 11.4 Å². The van der Waals surface area contributed by atoms with Crippen molar-refractivity contribution in [3.63, 3.8) is 0 Å². The summed E-state index contributed by atoms with van der Waals surface area (Å²) in [5.41, 5.74) is 16.0. The summed E-state index contributed by atoms with van der Waals surface area (Å²) in [7, 11) is 0. The largest absolute Gasteiger partial charge is 0.397 e. The topological polar surface area (TPSA) is 55.3 Å². The van der Waals surface area contributed by atoms with E-state index in [2.05, 4.69) is 34.7 Å². The minimum Gasteiger partial charge on any atom is -0.397 e. The van der Waals surface area contributed by atoms with Gasteiger partial charge in [-0.25, -0.2) is 0 Å². The first kappa shape index (κ1) is 12.7. The Kier molecular flexibility index (Phi) is 3.64. The number of anilines is 2. The monoisotopic (exact) mass is 297 g/mol. The molecule has 0 unspecified atom stereocenters. The van der Waals surface area contributed by atoms with Crippen molar-refractivity contribution in [3.8, 4) is 0 Å². The standard InChI is InChI=1S/C13H20BrN3/c1-3-8(2)17-5-4-9-10(7-17)13(16)12(15)6-11(9)14/h6,8H,3-5,7,15-16H2,1-2H3/t8-/m1/s1. The highest BCUT2D eigenvalue weighted by molar-refractivity contribution is 9.10. The minimum absolute atomic E-state index is 0.600. The molecule has 1 aliphatic rings. The van der Waals surface area contributed by atoms with E-state index in [-0.39, 0.29) is 0 Å². The first-order valence-electron chi connectivity index (χ1n) is 6.13. The van der Waals surface area contributed by atoms with Crippen LogP contribution in [0.1, 0.15) is 31.4 Å². The Balaban J connectivity index is 2.37. The summed E-state index contributed by atoms with van der Waals surface area (Å²) >= 11 is 3.59. The number of nitrogen functional groups attached to an aromatic ring is 2. The molecule has 0 radical (unpaired) electrons. The zero-order chi connectivity index (χ0) is 12.6. The second-order valence-corrected chi connectivity index (χ2v) is 5.65. The number of hydrogen-bond donors (Lipinski definition) is 2. The summed E-state index contributed by atoms with van der Waals surface area (Å²) in [6.45, 7) is 6.51. The number of rotatable bonds is 2. The molecule has 0 saturated carbocycles. The highest BCUT2D eigenvalue weighted by atomic mass is 79.9. The average molecular weight is 298 g/mol. The van der Waals surface area contributed by atoms with Gasteiger partial charge < -0.3 is 11.5 Å². The van der Waals surface area contributed by atoms with Crippen molar-refractivity contribution in [2.24, 2.45) is 0 Å². The normalized spacial score (nSPS) is 17.8. The minimum atomic E-state index is 0.600. The summed E-state index contributed by atoms with van der Waals surface area (Å²) in [6.07, 6.45) is 2.21. The first-order valence-corrected chi connectivity index (χ1v) is 6.93. The summed E-state index contributed by atoms with van der Waals surface area (Å²) in [4.78, 5) is 2.48. The van der Waals surface area contributed by atoms with Gasteiger partial charge in [0.1, 0.15) is 0 Å². The van der Waals surface area contributed by atoms with E-state index in [9.17, 15) is 0 Å². The molecule has 0 saturated heterocycles. The van der Waals surface area contributed by atoms with E-state index in [4.69, 9.17) is 11.5 Å². The fourth-order valence-electron chi connectivity index (χ4n) is 2.41. The lowest BCUT2D eigenvalue weighted by molar-refractivity contribution is 0.186. The van der Waals surface area contributed by atoms with Gasteiger partial charge in [-0.2, -0.15) is 0 Å². The molecular weight excluding hydrogens is 278 g/mol. The van der Waals surface area contributed by atoms with E-state index >= 15 is 0 Å². The Bertz CT molecular complexity index is 431. The number of nitrogens with two attached hydrogens (primary N) is 2. The molecule has 0 amide bonds. The molecular formula is C13H20BrN3. The molecule has 0 aliphatic carbocycles. The molecule has 0 bridgehead atoms. The number of benzene rings is 1. The Hall–Kier alpha value is -0.740. The molecule has 17 heavy (non-hydrogen) atoms. The van der Waals surface area contributed by atoms with E-state index in [0.29, 0.717) is 11.7 Å². The zero-order valence-electron chi connectivity index (χ0n) is 10.5. The smallest absolute Gasteiger partial charge is 0.0597 e. The third-order valence-corrected chi connectivity index (χ3v) is 4.50. The summed E-state index contributed by atoms with van der Waals surface area (Å²) < 4.78 is 1.10. The Morgan fingerprint density at radius 1 is 1.41 bits per heavy atom. The van der Waals surface area contributed by atoms with Gasteiger partial charge in [0, 0.05) is 23.6 Å².